The molecule has 1 aromatic carbocycles. The summed E-state index contributed by atoms with van der Waals surface area (Å²) in [5.74, 6) is -0.343. The summed E-state index contributed by atoms with van der Waals surface area (Å²) in [4.78, 5) is 12.2. The van der Waals surface area contributed by atoms with Gasteiger partial charge in [-0.1, -0.05) is 41.5 Å². The van der Waals surface area contributed by atoms with E-state index in [9.17, 15) is 4.79 Å². The Hall–Kier alpha value is -0.840. The molecule has 0 aromatic heterocycles. The molecular formula is C12H14Cl2N2OS. The van der Waals surface area contributed by atoms with Crippen LogP contribution in [0.1, 0.15) is 19.4 Å². The molecule has 0 saturated heterocycles. The molecule has 0 aliphatic carbocycles. The Morgan fingerprint density at radius 3 is 2.44 bits per heavy atom. The highest BCUT2D eigenvalue weighted by molar-refractivity contribution is 7.80. The van der Waals surface area contributed by atoms with Crippen LogP contribution < -0.4 is 11.1 Å². The molecule has 18 heavy (non-hydrogen) atoms. The minimum absolute atomic E-state index is 0.111. The monoisotopic (exact) mass is 304 g/mol. The number of nitrogens with one attached hydrogen (secondary N) is 1. The summed E-state index contributed by atoms with van der Waals surface area (Å²) >= 11 is 17.0. The lowest BCUT2D eigenvalue weighted by atomic mass is 9.92. The summed E-state index contributed by atoms with van der Waals surface area (Å²) in [6.07, 6.45) is 0. The first-order valence-corrected chi connectivity index (χ1v) is 6.40. The van der Waals surface area contributed by atoms with Gasteiger partial charge >= 0.3 is 0 Å². The molecule has 1 rings (SSSR count). The van der Waals surface area contributed by atoms with E-state index in [-0.39, 0.29) is 10.9 Å². The molecule has 1 aromatic rings. The smallest absolute Gasteiger partial charge is 0.236 e. The van der Waals surface area contributed by atoms with Crippen molar-refractivity contribution in [3.8, 4) is 0 Å². The van der Waals surface area contributed by atoms with Gasteiger partial charge in [0.2, 0.25) is 5.91 Å². The summed E-state index contributed by atoms with van der Waals surface area (Å²) in [5.41, 5.74) is 5.77. The average molecular weight is 305 g/mol. The predicted molar refractivity (Wildman–Crippen MR) is 80.4 cm³/mol. The number of anilines is 1. The first-order valence-electron chi connectivity index (χ1n) is 5.24. The number of halogens is 2. The molecule has 6 heteroatoms. The molecule has 98 valence electrons. The molecule has 0 aliphatic rings. The minimum atomic E-state index is -0.967. The van der Waals surface area contributed by atoms with Crippen LogP contribution in [0.2, 0.25) is 10.0 Å². The maximum Gasteiger partial charge on any atom is 0.236 e. The third kappa shape index (κ3) is 2.94. The fourth-order valence-electron chi connectivity index (χ4n) is 1.15. The highest BCUT2D eigenvalue weighted by Crippen LogP contribution is 2.34. The maximum atomic E-state index is 12.1. The van der Waals surface area contributed by atoms with Gasteiger partial charge in [0, 0.05) is 0 Å². The number of hydrogen-bond acceptors (Lipinski definition) is 2. The standard InChI is InChI=1S/C12H14Cl2N2OS/c1-6-4-5-7(13)9(8(6)14)16-11(17)12(2,3)10(15)18/h4-5H,1-3H3,(H2,15,18)(H,16,17). The Kier molecular flexibility index (Phi) is 4.59. The van der Waals surface area contributed by atoms with E-state index in [2.05, 4.69) is 5.32 Å². The van der Waals surface area contributed by atoms with E-state index >= 15 is 0 Å². The second-order valence-electron chi connectivity index (χ2n) is 4.50. The van der Waals surface area contributed by atoms with Crippen molar-refractivity contribution in [1.29, 1.82) is 0 Å². The number of nitrogens with two attached hydrogens (primary N) is 1. The van der Waals surface area contributed by atoms with Crippen LogP contribution >= 0.6 is 35.4 Å². The van der Waals surface area contributed by atoms with E-state index in [1.165, 1.54) is 0 Å². The normalized spacial score (nSPS) is 11.2. The third-order valence-corrected chi connectivity index (χ3v) is 4.02. The molecule has 0 saturated carbocycles. The van der Waals surface area contributed by atoms with Crippen LogP contribution in [0, 0.1) is 12.3 Å². The molecule has 1 amide bonds. The van der Waals surface area contributed by atoms with Gasteiger partial charge in [-0.2, -0.15) is 0 Å². The van der Waals surface area contributed by atoms with E-state index in [0.29, 0.717) is 15.7 Å². The molecule has 3 N–H and O–H groups in total. The Bertz CT molecular complexity index is 515. The number of hydrogen-bond donors (Lipinski definition) is 2. The predicted octanol–water partition coefficient (Wildman–Crippen LogP) is 3.55. The van der Waals surface area contributed by atoms with E-state index in [4.69, 9.17) is 41.2 Å². The van der Waals surface area contributed by atoms with Crippen LogP contribution in [0.25, 0.3) is 0 Å². The fraction of sp³-hybridized carbons (Fsp3) is 0.333. The molecule has 0 spiro atoms. The van der Waals surface area contributed by atoms with Gasteiger partial charge in [-0.15, -0.1) is 0 Å². The van der Waals surface area contributed by atoms with Crippen LogP contribution in [0.5, 0.6) is 0 Å². The highest BCUT2D eigenvalue weighted by Gasteiger charge is 2.31. The number of thiocarbonyl (C=S) groups is 1. The average Bonchev–Trinajstić information content (AvgIpc) is 2.29. The summed E-state index contributed by atoms with van der Waals surface area (Å²) in [5, 5.41) is 3.46. The number of carbonyl (C=O) groups is 1. The van der Waals surface area contributed by atoms with Gasteiger partial charge < -0.3 is 11.1 Å². The number of amides is 1. The molecule has 0 unspecified atom stereocenters. The molecular weight excluding hydrogens is 291 g/mol. The fourth-order valence-corrected chi connectivity index (χ4v) is 1.71. The Balaban J connectivity index is 3.10. The summed E-state index contributed by atoms with van der Waals surface area (Å²) < 4.78 is 0. The van der Waals surface area contributed by atoms with Crippen molar-refractivity contribution < 1.29 is 4.79 Å². The molecule has 0 atom stereocenters. The number of benzene rings is 1. The lowest BCUT2D eigenvalue weighted by Gasteiger charge is -2.23. The van der Waals surface area contributed by atoms with Gasteiger partial charge in [0.15, 0.2) is 0 Å². The van der Waals surface area contributed by atoms with Gasteiger partial charge in [0.25, 0.3) is 0 Å². The first kappa shape index (κ1) is 15.2. The first-order chi connectivity index (χ1) is 8.17. The van der Waals surface area contributed by atoms with Crippen molar-refractivity contribution in [2.75, 3.05) is 5.32 Å². The van der Waals surface area contributed by atoms with Crippen LogP contribution in [-0.2, 0) is 4.79 Å². The highest BCUT2D eigenvalue weighted by atomic mass is 35.5. The van der Waals surface area contributed by atoms with Gasteiger partial charge in [-0.05, 0) is 32.4 Å². The second-order valence-corrected chi connectivity index (χ2v) is 5.72. The van der Waals surface area contributed by atoms with E-state index in [0.717, 1.165) is 5.56 Å². The van der Waals surface area contributed by atoms with Crippen molar-refractivity contribution >= 4 is 52.0 Å². The zero-order chi connectivity index (χ0) is 14.1. The van der Waals surface area contributed by atoms with Gasteiger partial charge in [-0.3, -0.25) is 4.79 Å². The molecule has 3 nitrogen and oxygen atoms in total. The lowest BCUT2D eigenvalue weighted by Crippen LogP contribution is -2.41. The van der Waals surface area contributed by atoms with E-state index in [1.54, 1.807) is 26.0 Å². The Morgan fingerprint density at radius 1 is 1.39 bits per heavy atom. The molecule has 0 bridgehead atoms. The Labute approximate surface area is 122 Å². The molecule has 0 fully saturated rings. The van der Waals surface area contributed by atoms with E-state index in [1.807, 2.05) is 6.92 Å². The van der Waals surface area contributed by atoms with Crippen molar-refractivity contribution in [1.82, 2.24) is 0 Å². The Morgan fingerprint density at radius 2 is 1.94 bits per heavy atom. The molecule has 0 aliphatic heterocycles. The topological polar surface area (TPSA) is 55.1 Å². The number of aryl methyl sites for hydroxylation is 1. The van der Waals surface area contributed by atoms with Crippen LogP contribution in [0.4, 0.5) is 5.69 Å². The van der Waals surface area contributed by atoms with Gasteiger partial charge in [0.05, 0.1) is 26.1 Å². The van der Waals surface area contributed by atoms with Crippen molar-refractivity contribution in [3.63, 3.8) is 0 Å². The third-order valence-electron chi connectivity index (χ3n) is 2.71. The molecule has 0 radical (unpaired) electrons. The number of rotatable bonds is 3. The second kappa shape index (κ2) is 5.43. The SMILES string of the molecule is Cc1ccc(Cl)c(NC(=O)C(C)(C)C(N)=S)c1Cl. The zero-order valence-corrected chi connectivity index (χ0v) is 12.6. The van der Waals surface area contributed by atoms with Crippen molar-refractivity contribution in [3.05, 3.63) is 27.7 Å². The van der Waals surface area contributed by atoms with Crippen LogP contribution in [0.3, 0.4) is 0 Å². The summed E-state index contributed by atoms with van der Waals surface area (Å²) in [6, 6.07) is 3.45. The van der Waals surface area contributed by atoms with Gasteiger partial charge in [0.1, 0.15) is 0 Å². The lowest BCUT2D eigenvalue weighted by molar-refractivity contribution is -0.121. The summed E-state index contributed by atoms with van der Waals surface area (Å²) in [7, 11) is 0. The molecule has 0 heterocycles. The summed E-state index contributed by atoms with van der Waals surface area (Å²) in [6.45, 7) is 5.11. The zero-order valence-electron chi connectivity index (χ0n) is 10.3. The number of carbonyl (C=O) groups excluding carboxylic acids is 1. The van der Waals surface area contributed by atoms with Crippen molar-refractivity contribution in [2.24, 2.45) is 11.1 Å². The van der Waals surface area contributed by atoms with Crippen molar-refractivity contribution in [2.45, 2.75) is 20.8 Å². The minimum Gasteiger partial charge on any atom is -0.392 e. The van der Waals surface area contributed by atoms with Gasteiger partial charge in [-0.25, -0.2) is 0 Å². The largest absolute Gasteiger partial charge is 0.392 e. The maximum absolute atomic E-state index is 12.1. The van der Waals surface area contributed by atoms with E-state index < -0.39 is 5.41 Å². The van der Waals surface area contributed by atoms with Crippen LogP contribution in [0.15, 0.2) is 12.1 Å². The quantitative estimate of drug-likeness (QED) is 0.840. The van der Waals surface area contributed by atoms with Crippen LogP contribution in [-0.4, -0.2) is 10.9 Å².